The molecule has 18 heavy (non-hydrogen) atoms. The Morgan fingerprint density at radius 2 is 2.17 bits per heavy atom. The zero-order valence-corrected chi connectivity index (χ0v) is 10.2. The van der Waals surface area contributed by atoms with E-state index in [2.05, 4.69) is 10.3 Å². The van der Waals surface area contributed by atoms with Gasteiger partial charge in [-0.25, -0.2) is 14.2 Å². The highest BCUT2D eigenvalue weighted by atomic mass is 19.1. The third-order valence-electron chi connectivity index (χ3n) is 2.73. The van der Waals surface area contributed by atoms with Crippen molar-refractivity contribution >= 4 is 11.9 Å². The Kier molecular flexibility index (Phi) is 4.76. The average Bonchev–Trinajstić information content (AvgIpc) is 2.35. The predicted molar refractivity (Wildman–Crippen MR) is 62.5 cm³/mol. The van der Waals surface area contributed by atoms with Gasteiger partial charge >= 0.3 is 5.97 Å². The Balaban J connectivity index is 2.78. The van der Waals surface area contributed by atoms with Gasteiger partial charge in [-0.2, -0.15) is 0 Å². The van der Waals surface area contributed by atoms with Crippen LogP contribution in [0.3, 0.4) is 0 Å². The van der Waals surface area contributed by atoms with Crippen LogP contribution in [0.4, 0.5) is 4.39 Å². The number of nitrogens with one attached hydrogen (secondary N) is 1. The van der Waals surface area contributed by atoms with Crippen LogP contribution in [0, 0.1) is 11.7 Å². The van der Waals surface area contributed by atoms with Gasteiger partial charge in [-0.05, 0) is 18.1 Å². The maximum absolute atomic E-state index is 12.6. The number of rotatable bonds is 5. The molecule has 5 nitrogen and oxygen atoms in total. The van der Waals surface area contributed by atoms with Crippen LogP contribution in [0.25, 0.3) is 0 Å². The number of aliphatic carboxylic acids is 1. The van der Waals surface area contributed by atoms with Crippen molar-refractivity contribution < 1.29 is 19.1 Å². The van der Waals surface area contributed by atoms with Crippen molar-refractivity contribution in [2.75, 3.05) is 0 Å². The average molecular weight is 254 g/mol. The highest BCUT2D eigenvalue weighted by molar-refractivity contribution is 5.94. The summed E-state index contributed by atoms with van der Waals surface area (Å²) in [4.78, 5) is 26.4. The quantitative estimate of drug-likeness (QED) is 0.833. The number of aromatic nitrogens is 1. The summed E-state index contributed by atoms with van der Waals surface area (Å²) in [5.74, 6) is -2.47. The molecule has 0 saturated heterocycles. The molecule has 98 valence electrons. The van der Waals surface area contributed by atoms with Gasteiger partial charge in [0.25, 0.3) is 5.91 Å². The second kappa shape index (κ2) is 6.09. The number of hydrogen-bond donors (Lipinski definition) is 2. The van der Waals surface area contributed by atoms with E-state index in [4.69, 9.17) is 5.11 Å². The molecule has 2 N–H and O–H groups in total. The van der Waals surface area contributed by atoms with Crippen molar-refractivity contribution in [3.05, 3.63) is 29.8 Å². The largest absolute Gasteiger partial charge is 0.480 e. The van der Waals surface area contributed by atoms with Crippen LogP contribution in [0.1, 0.15) is 30.8 Å². The van der Waals surface area contributed by atoms with Gasteiger partial charge in [0.15, 0.2) is 0 Å². The first kappa shape index (κ1) is 14.1. The van der Waals surface area contributed by atoms with Crippen LogP contribution >= 0.6 is 0 Å². The third kappa shape index (κ3) is 3.51. The molecule has 0 aromatic carbocycles. The molecule has 1 aromatic heterocycles. The number of carboxylic acid groups (broad SMARTS) is 1. The maximum atomic E-state index is 12.6. The molecule has 1 rings (SSSR count). The van der Waals surface area contributed by atoms with E-state index in [1.807, 2.05) is 6.92 Å². The van der Waals surface area contributed by atoms with Gasteiger partial charge < -0.3 is 10.4 Å². The first-order valence-electron chi connectivity index (χ1n) is 5.61. The predicted octanol–water partition coefficient (Wildman–Crippen LogP) is 1.45. The summed E-state index contributed by atoms with van der Waals surface area (Å²) >= 11 is 0. The smallest absolute Gasteiger partial charge is 0.326 e. The molecule has 1 amide bonds. The zero-order valence-electron chi connectivity index (χ0n) is 10.2. The molecule has 0 bridgehead atoms. The Bertz CT molecular complexity index is 433. The number of carbonyl (C=O) groups is 2. The van der Waals surface area contributed by atoms with Crippen LogP contribution in [-0.4, -0.2) is 28.0 Å². The highest BCUT2D eigenvalue weighted by Gasteiger charge is 2.26. The lowest BCUT2D eigenvalue weighted by atomic mass is 9.99. The van der Waals surface area contributed by atoms with Gasteiger partial charge in [0.1, 0.15) is 17.6 Å². The zero-order chi connectivity index (χ0) is 13.7. The van der Waals surface area contributed by atoms with Crippen LogP contribution in [0.15, 0.2) is 18.3 Å². The minimum Gasteiger partial charge on any atom is -0.480 e. The summed E-state index contributed by atoms with van der Waals surface area (Å²) in [6.07, 6.45) is 1.53. The van der Waals surface area contributed by atoms with Gasteiger partial charge in [-0.1, -0.05) is 20.3 Å². The van der Waals surface area contributed by atoms with E-state index in [9.17, 15) is 14.0 Å². The summed E-state index contributed by atoms with van der Waals surface area (Å²) in [6.45, 7) is 3.57. The molecule has 1 heterocycles. The van der Waals surface area contributed by atoms with Crippen LogP contribution < -0.4 is 5.32 Å². The molecule has 0 fully saturated rings. The summed E-state index contributed by atoms with van der Waals surface area (Å²) in [7, 11) is 0. The lowest BCUT2D eigenvalue weighted by molar-refractivity contribution is -0.140. The maximum Gasteiger partial charge on any atom is 0.326 e. The fourth-order valence-electron chi connectivity index (χ4n) is 1.41. The van der Waals surface area contributed by atoms with Crippen LogP contribution in [0.2, 0.25) is 0 Å². The summed E-state index contributed by atoms with van der Waals surface area (Å²) in [5, 5.41) is 11.4. The number of amides is 1. The highest BCUT2D eigenvalue weighted by Crippen LogP contribution is 2.09. The monoisotopic (exact) mass is 254 g/mol. The SMILES string of the molecule is CC[C@H](C)[C@H](NC(=O)c1ccc(F)cn1)C(=O)O. The van der Waals surface area contributed by atoms with E-state index < -0.39 is 23.7 Å². The molecule has 1 aromatic rings. The normalized spacial score (nSPS) is 13.7. The first-order chi connectivity index (χ1) is 8.45. The second-order valence-corrected chi connectivity index (χ2v) is 4.04. The first-order valence-corrected chi connectivity index (χ1v) is 5.61. The standard InChI is InChI=1S/C12H15FN2O3/c1-3-7(2)10(12(17)18)15-11(16)9-5-4-8(13)6-14-9/h4-7,10H,3H2,1-2H3,(H,15,16)(H,17,18)/t7-,10-/m0/s1. The third-order valence-corrected chi connectivity index (χ3v) is 2.73. The van der Waals surface area contributed by atoms with Crippen molar-refractivity contribution in [1.29, 1.82) is 0 Å². The Morgan fingerprint density at radius 3 is 2.61 bits per heavy atom. The van der Waals surface area contributed by atoms with Crippen molar-refractivity contribution in [3.8, 4) is 0 Å². The summed E-state index contributed by atoms with van der Waals surface area (Å²) < 4.78 is 12.6. The van der Waals surface area contributed by atoms with E-state index >= 15 is 0 Å². The van der Waals surface area contributed by atoms with Gasteiger partial charge in [0.2, 0.25) is 0 Å². The van der Waals surface area contributed by atoms with Crippen LogP contribution in [0.5, 0.6) is 0 Å². The Labute approximate surface area is 104 Å². The van der Waals surface area contributed by atoms with E-state index in [-0.39, 0.29) is 11.6 Å². The molecular formula is C12H15FN2O3. The molecule has 0 aliphatic rings. The lowest BCUT2D eigenvalue weighted by Crippen LogP contribution is -2.45. The number of pyridine rings is 1. The van der Waals surface area contributed by atoms with Gasteiger partial charge in [0, 0.05) is 0 Å². The van der Waals surface area contributed by atoms with E-state index in [1.54, 1.807) is 6.92 Å². The fraction of sp³-hybridized carbons (Fsp3) is 0.417. The molecule has 0 aliphatic heterocycles. The lowest BCUT2D eigenvalue weighted by Gasteiger charge is -2.19. The van der Waals surface area contributed by atoms with Crippen molar-refractivity contribution in [1.82, 2.24) is 10.3 Å². The van der Waals surface area contributed by atoms with Gasteiger partial charge in [-0.3, -0.25) is 4.79 Å². The summed E-state index contributed by atoms with van der Waals surface area (Å²) in [6, 6.07) is 1.33. The number of halogens is 1. The van der Waals surface area contributed by atoms with E-state index in [1.165, 1.54) is 6.07 Å². The van der Waals surface area contributed by atoms with E-state index in [0.717, 1.165) is 12.3 Å². The van der Waals surface area contributed by atoms with Crippen molar-refractivity contribution in [2.45, 2.75) is 26.3 Å². The summed E-state index contributed by atoms with van der Waals surface area (Å²) in [5.41, 5.74) is -0.00838. The topological polar surface area (TPSA) is 79.3 Å². The fourth-order valence-corrected chi connectivity index (χ4v) is 1.41. The number of carboxylic acids is 1. The molecule has 0 unspecified atom stereocenters. The molecular weight excluding hydrogens is 239 g/mol. The van der Waals surface area contributed by atoms with Crippen molar-refractivity contribution in [3.63, 3.8) is 0 Å². The second-order valence-electron chi connectivity index (χ2n) is 4.04. The number of hydrogen-bond acceptors (Lipinski definition) is 3. The molecule has 0 saturated carbocycles. The number of carbonyl (C=O) groups excluding carboxylic acids is 1. The van der Waals surface area contributed by atoms with Gasteiger partial charge in [0.05, 0.1) is 6.20 Å². The van der Waals surface area contributed by atoms with E-state index in [0.29, 0.717) is 6.42 Å². The minimum absolute atomic E-state index is 0.00838. The molecule has 2 atom stereocenters. The van der Waals surface area contributed by atoms with Gasteiger partial charge in [-0.15, -0.1) is 0 Å². The molecule has 0 aliphatic carbocycles. The molecule has 0 spiro atoms. The Hall–Kier alpha value is -1.98. The molecule has 6 heteroatoms. The minimum atomic E-state index is -1.10. The van der Waals surface area contributed by atoms with Crippen LogP contribution in [-0.2, 0) is 4.79 Å². The van der Waals surface area contributed by atoms with Crippen molar-refractivity contribution in [2.24, 2.45) is 5.92 Å². The Morgan fingerprint density at radius 1 is 1.50 bits per heavy atom. The number of nitrogens with zero attached hydrogens (tertiary/aromatic N) is 1. The molecule has 0 radical (unpaired) electrons.